The van der Waals surface area contributed by atoms with Crippen molar-refractivity contribution in [3.63, 3.8) is 0 Å². The van der Waals surface area contributed by atoms with E-state index in [1.54, 1.807) is 11.1 Å². The first-order valence-electron chi connectivity index (χ1n) is 7.61. The molecule has 3 aliphatic rings. The summed E-state index contributed by atoms with van der Waals surface area (Å²) in [4.78, 5) is 11.5. The Labute approximate surface area is 114 Å². The Balaban J connectivity index is 1.71. The minimum atomic E-state index is 0.256. The van der Waals surface area contributed by atoms with Crippen LogP contribution < -0.4 is 5.32 Å². The maximum atomic E-state index is 11.5. The van der Waals surface area contributed by atoms with Crippen molar-refractivity contribution in [1.82, 2.24) is 5.32 Å². The molecule has 2 bridgehead atoms. The molecule has 1 heterocycles. The molecule has 2 aliphatic carbocycles. The van der Waals surface area contributed by atoms with Crippen molar-refractivity contribution >= 4 is 5.91 Å². The molecule has 2 unspecified atom stereocenters. The molecular weight excluding hydrogens is 234 g/mol. The van der Waals surface area contributed by atoms with Crippen molar-refractivity contribution in [2.24, 2.45) is 17.3 Å². The fourth-order valence-corrected chi connectivity index (χ4v) is 4.89. The lowest BCUT2D eigenvalue weighted by molar-refractivity contribution is -0.125. The topological polar surface area (TPSA) is 29.1 Å². The quantitative estimate of drug-likeness (QED) is 0.759. The van der Waals surface area contributed by atoms with Gasteiger partial charge in [-0.25, -0.2) is 0 Å². The zero-order valence-corrected chi connectivity index (χ0v) is 11.3. The number of hydrogen-bond donors (Lipinski definition) is 1. The number of carbonyl (C=O) groups excluding carboxylic acids is 1. The van der Waals surface area contributed by atoms with Crippen LogP contribution in [0.4, 0.5) is 0 Å². The third-order valence-electron chi connectivity index (χ3n) is 5.97. The van der Waals surface area contributed by atoms with Gasteiger partial charge in [0.15, 0.2) is 0 Å². The van der Waals surface area contributed by atoms with Gasteiger partial charge in [-0.3, -0.25) is 4.79 Å². The first-order valence-corrected chi connectivity index (χ1v) is 7.61. The summed E-state index contributed by atoms with van der Waals surface area (Å²) >= 11 is 0. The monoisotopic (exact) mass is 255 g/mol. The van der Waals surface area contributed by atoms with Gasteiger partial charge in [0.05, 0.1) is 0 Å². The highest BCUT2D eigenvalue weighted by atomic mass is 16.1. The Morgan fingerprint density at radius 1 is 1.05 bits per heavy atom. The molecule has 1 aliphatic heterocycles. The molecular formula is C17H21NO. The summed E-state index contributed by atoms with van der Waals surface area (Å²) in [5.74, 6) is 1.82. The van der Waals surface area contributed by atoms with Crippen LogP contribution in [0.3, 0.4) is 0 Å². The van der Waals surface area contributed by atoms with E-state index in [-0.39, 0.29) is 5.91 Å². The van der Waals surface area contributed by atoms with Crippen LogP contribution in [-0.2, 0) is 17.6 Å². The number of carbonyl (C=O) groups is 1. The number of rotatable bonds is 0. The maximum Gasteiger partial charge on any atom is 0.220 e. The molecule has 4 rings (SSSR count). The highest BCUT2D eigenvalue weighted by Gasteiger charge is 2.52. The van der Waals surface area contributed by atoms with Crippen LogP contribution in [0, 0.1) is 17.3 Å². The van der Waals surface area contributed by atoms with Gasteiger partial charge in [0.1, 0.15) is 0 Å². The molecule has 1 aromatic rings. The third-order valence-corrected chi connectivity index (χ3v) is 5.97. The number of nitrogens with one attached hydrogen (secondary N) is 1. The van der Waals surface area contributed by atoms with Gasteiger partial charge in [0.25, 0.3) is 0 Å². The maximum absolute atomic E-state index is 11.5. The Morgan fingerprint density at radius 3 is 2.21 bits per heavy atom. The zero-order valence-electron chi connectivity index (χ0n) is 11.3. The summed E-state index contributed by atoms with van der Waals surface area (Å²) in [5, 5.41) is 3.16. The minimum absolute atomic E-state index is 0.256. The molecule has 2 fully saturated rings. The van der Waals surface area contributed by atoms with Gasteiger partial charge in [-0.1, -0.05) is 24.3 Å². The van der Waals surface area contributed by atoms with Crippen LogP contribution in [-0.4, -0.2) is 12.5 Å². The number of hydrogen-bond acceptors (Lipinski definition) is 1. The van der Waals surface area contributed by atoms with Gasteiger partial charge in [-0.2, -0.15) is 0 Å². The second-order valence-corrected chi connectivity index (χ2v) is 6.66. The summed E-state index contributed by atoms with van der Waals surface area (Å²) < 4.78 is 0. The molecule has 1 aromatic carbocycles. The second kappa shape index (κ2) is 4.09. The lowest BCUT2D eigenvalue weighted by Gasteiger charge is -2.42. The Morgan fingerprint density at radius 2 is 1.68 bits per heavy atom. The fourth-order valence-electron chi connectivity index (χ4n) is 4.89. The van der Waals surface area contributed by atoms with Gasteiger partial charge in [0.2, 0.25) is 5.91 Å². The van der Waals surface area contributed by atoms with Crippen LogP contribution in [0.1, 0.15) is 36.8 Å². The van der Waals surface area contributed by atoms with E-state index in [0.29, 0.717) is 5.41 Å². The molecule has 1 spiro atoms. The average Bonchev–Trinajstić information content (AvgIpc) is 2.65. The average molecular weight is 255 g/mol. The van der Waals surface area contributed by atoms with Crippen LogP contribution in [0.2, 0.25) is 0 Å². The Hall–Kier alpha value is -1.31. The predicted molar refractivity (Wildman–Crippen MR) is 74.7 cm³/mol. The van der Waals surface area contributed by atoms with Gasteiger partial charge in [0, 0.05) is 13.0 Å². The predicted octanol–water partition coefficient (Wildman–Crippen LogP) is 2.71. The first-order chi connectivity index (χ1) is 9.28. The summed E-state index contributed by atoms with van der Waals surface area (Å²) in [7, 11) is 0. The van der Waals surface area contributed by atoms with Crippen molar-refractivity contribution in [3.8, 4) is 0 Å². The van der Waals surface area contributed by atoms with Gasteiger partial charge < -0.3 is 5.32 Å². The van der Waals surface area contributed by atoms with E-state index in [0.717, 1.165) is 31.2 Å². The van der Waals surface area contributed by atoms with Gasteiger partial charge in [-0.05, 0) is 60.5 Å². The van der Waals surface area contributed by atoms with Crippen LogP contribution >= 0.6 is 0 Å². The largest absolute Gasteiger partial charge is 0.356 e. The van der Waals surface area contributed by atoms with E-state index in [9.17, 15) is 4.79 Å². The van der Waals surface area contributed by atoms with E-state index in [1.165, 1.54) is 25.7 Å². The highest BCUT2D eigenvalue weighted by molar-refractivity contribution is 5.76. The molecule has 1 amide bonds. The molecule has 0 aromatic heterocycles. The Kier molecular flexibility index (Phi) is 2.48. The van der Waals surface area contributed by atoms with Gasteiger partial charge >= 0.3 is 0 Å². The summed E-state index contributed by atoms with van der Waals surface area (Å²) in [6.45, 7) is 0.926. The molecule has 1 saturated heterocycles. The standard InChI is InChI=1S/C17H21NO/c19-16-7-8-17(11-18-16)14-5-6-15(17)10-13-4-2-1-3-12(13)9-14/h1-4,14-15H,5-11H2,(H,18,19). The van der Waals surface area contributed by atoms with Crippen molar-refractivity contribution in [2.45, 2.75) is 38.5 Å². The summed E-state index contributed by atoms with van der Waals surface area (Å²) in [5.41, 5.74) is 3.52. The fraction of sp³-hybridized carbons (Fsp3) is 0.588. The van der Waals surface area contributed by atoms with Gasteiger partial charge in [-0.15, -0.1) is 0 Å². The molecule has 1 N–H and O–H groups in total. The highest BCUT2D eigenvalue weighted by Crippen LogP contribution is 2.55. The van der Waals surface area contributed by atoms with E-state index in [2.05, 4.69) is 29.6 Å². The van der Waals surface area contributed by atoms with E-state index in [1.807, 2.05) is 0 Å². The first kappa shape index (κ1) is 11.5. The summed E-state index contributed by atoms with van der Waals surface area (Å²) in [6.07, 6.45) is 7.01. The van der Waals surface area contributed by atoms with Crippen LogP contribution in [0.15, 0.2) is 24.3 Å². The molecule has 0 radical (unpaired) electrons. The summed E-state index contributed by atoms with van der Waals surface area (Å²) in [6, 6.07) is 8.97. The van der Waals surface area contributed by atoms with Crippen molar-refractivity contribution < 1.29 is 4.79 Å². The normalized spacial score (nSPS) is 36.7. The molecule has 2 atom stereocenters. The molecule has 100 valence electrons. The van der Waals surface area contributed by atoms with Crippen molar-refractivity contribution in [1.29, 1.82) is 0 Å². The number of piperidine rings is 1. The van der Waals surface area contributed by atoms with Crippen LogP contribution in [0.25, 0.3) is 0 Å². The lowest BCUT2D eigenvalue weighted by Crippen LogP contribution is -2.48. The number of fused-ring (bicyclic) bond motifs is 1. The lowest BCUT2D eigenvalue weighted by atomic mass is 9.66. The molecule has 2 heteroatoms. The van der Waals surface area contributed by atoms with E-state index >= 15 is 0 Å². The number of amides is 1. The third kappa shape index (κ3) is 1.65. The van der Waals surface area contributed by atoms with E-state index in [4.69, 9.17) is 0 Å². The van der Waals surface area contributed by atoms with Crippen molar-refractivity contribution in [3.05, 3.63) is 35.4 Å². The van der Waals surface area contributed by atoms with Crippen molar-refractivity contribution in [2.75, 3.05) is 6.54 Å². The second-order valence-electron chi connectivity index (χ2n) is 6.66. The molecule has 2 nitrogen and oxygen atoms in total. The molecule has 19 heavy (non-hydrogen) atoms. The molecule has 1 saturated carbocycles. The zero-order chi connectivity index (χ0) is 12.9. The smallest absolute Gasteiger partial charge is 0.220 e. The Bertz CT molecular complexity index is 477. The minimum Gasteiger partial charge on any atom is -0.356 e. The van der Waals surface area contributed by atoms with Crippen LogP contribution in [0.5, 0.6) is 0 Å². The van der Waals surface area contributed by atoms with E-state index < -0.39 is 0 Å². The number of benzene rings is 1. The SMILES string of the molecule is O=C1CCC2(CN1)C1CCC2Cc2ccccc2C1.